The summed E-state index contributed by atoms with van der Waals surface area (Å²) >= 11 is 3.31. The summed E-state index contributed by atoms with van der Waals surface area (Å²) in [6, 6.07) is 3.21. The predicted molar refractivity (Wildman–Crippen MR) is 77.3 cm³/mol. The van der Waals surface area contributed by atoms with E-state index >= 15 is 0 Å². The molecule has 0 amide bonds. The van der Waals surface area contributed by atoms with Crippen LogP contribution in [0.25, 0.3) is 0 Å². The summed E-state index contributed by atoms with van der Waals surface area (Å²) in [4.78, 5) is 13.3. The van der Waals surface area contributed by atoms with Crippen molar-refractivity contribution in [3.05, 3.63) is 27.7 Å². The van der Waals surface area contributed by atoms with Gasteiger partial charge in [0.1, 0.15) is 0 Å². The number of carbonyl (C=O) groups is 1. The van der Waals surface area contributed by atoms with E-state index in [4.69, 9.17) is 10.8 Å². The first-order chi connectivity index (χ1) is 8.08. The Morgan fingerprint density at radius 3 is 2.56 bits per heavy atom. The van der Waals surface area contributed by atoms with E-state index in [-0.39, 0.29) is 18.0 Å². The van der Waals surface area contributed by atoms with Gasteiger partial charge in [-0.15, -0.1) is 12.4 Å². The van der Waals surface area contributed by atoms with Crippen LogP contribution >= 0.6 is 28.3 Å². The maximum Gasteiger partial charge on any atom is 0.335 e. The fourth-order valence-electron chi connectivity index (χ4n) is 2.11. The number of aromatic carboxylic acids is 1. The Morgan fingerprint density at radius 2 is 2.00 bits per heavy atom. The third-order valence-electron chi connectivity index (χ3n) is 3.05. The van der Waals surface area contributed by atoms with Gasteiger partial charge in [0.2, 0.25) is 0 Å². The Balaban J connectivity index is 0.00000162. The van der Waals surface area contributed by atoms with Crippen molar-refractivity contribution < 1.29 is 9.90 Å². The number of carboxylic acid groups (broad SMARTS) is 1. The molecule has 0 unspecified atom stereocenters. The smallest absolute Gasteiger partial charge is 0.335 e. The third-order valence-corrected chi connectivity index (χ3v) is 3.71. The highest BCUT2D eigenvalue weighted by molar-refractivity contribution is 9.10. The molecule has 1 heterocycles. The van der Waals surface area contributed by atoms with E-state index in [0.29, 0.717) is 10.2 Å². The molecule has 1 saturated heterocycles. The molecule has 0 atom stereocenters. The lowest BCUT2D eigenvalue weighted by atomic mass is 10.1. The molecule has 0 aromatic heterocycles. The van der Waals surface area contributed by atoms with E-state index in [1.54, 1.807) is 12.1 Å². The lowest BCUT2D eigenvalue weighted by Crippen LogP contribution is -2.19. The molecule has 4 nitrogen and oxygen atoms in total. The lowest BCUT2D eigenvalue weighted by molar-refractivity contribution is 0.0696. The molecule has 1 fully saturated rings. The molecule has 1 aliphatic rings. The van der Waals surface area contributed by atoms with E-state index in [1.165, 1.54) is 12.8 Å². The molecule has 6 heteroatoms. The summed E-state index contributed by atoms with van der Waals surface area (Å²) in [5.74, 6) is -0.923. The van der Waals surface area contributed by atoms with E-state index in [9.17, 15) is 4.79 Å². The molecular formula is C12H16BrClN2O2. The molecule has 2 rings (SSSR count). The summed E-state index contributed by atoms with van der Waals surface area (Å²) in [5, 5.41) is 9.01. The number of hydrogen-bond acceptors (Lipinski definition) is 3. The van der Waals surface area contributed by atoms with E-state index in [1.807, 2.05) is 0 Å². The van der Waals surface area contributed by atoms with Crippen LogP contribution in [0.4, 0.5) is 5.69 Å². The molecule has 1 aromatic rings. The van der Waals surface area contributed by atoms with Gasteiger partial charge in [0.25, 0.3) is 0 Å². The Kier molecular flexibility index (Phi) is 5.44. The van der Waals surface area contributed by atoms with Crippen LogP contribution in [-0.2, 0) is 6.54 Å². The number of benzene rings is 1. The molecule has 0 bridgehead atoms. The van der Waals surface area contributed by atoms with Crippen molar-refractivity contribution in [1.82, 2.24) is 4.90 Å². The van der Waals surface area contributed by atoms with Gasteiger partial charge in [-0.25, -0.2) is 4.79 Å². The molecule has 1 aliphatic heterocycles. The van der Waals surface area contributed by atoms with Crippen molar-refractivity contribution in [3.63, 3.8) is 0 Å². The van der Waals surface area contributed by atoms with Gasteiger partial charge < -0.3 is 10.8 Å². The normalized spacial score (nSPS) is 15.4. The van der Waals surface area contributed by atoms with Gasteiger partial charge in [-0.3, -0.25) is 4.90 Å². The first-order valence-corrected chi connectivity index (χ1v) is 6.41. The van der Waals surface area contributed by atoms with E-state index < -0.39 is 5.97 Å². The number of anilines is 1. The van der Waals surface area contributed by atoms with Crippen LogP contribution in [0.1, 0.15) is 28.8 Å². The van der Waals surface area contributed by atoms with Crippen LogP contribution in [0.3, 0.4) is 0 Å². The monoisotopic (exact) mass is 334 g/mol. The minimum absolute atomic E-state index is 0. The summed E-state index contributed by atoms with van der Waals surface area (Å²) in [6.45, 7) is 2.86. The zero-order chi connectivity index (χ0) is 12.4. The zero-order valence-electron chi connectivity index (χ0n) is 9.86. The number of rotatable bonds is 3. The number of nitrogens with two attached hydrogens (primary N) is 1. The van der Waals surface area contributed by atoms with Crippen LogP contribution in [-0.4, -0.2) is 29.1 Å². The maximum atomic E-state index is 11.0. The zero-order valence-corrected chi connectivity index (χ0v) is 12.3. The van der Waals surface area contributed by atoms with Gasteiger partial charge in [0, 0.05) is 11.0 Å². The second-order valence-electron chi connectivity index (χ2n) is 4.32. The molecule has 0 spiro atoms. The summed E-state index contributed by atoms with van der Waals surface area (Å²) < 4.78 is 0.659. The summed E-state index contributed by atoms with van der Waals surface area (Å²) in [5.41, 5.74) is 7.77. The minimum Gasteiger partial charge on any atom is -0.478 e. The number of halogens is 2. The quantitative estimate of drug-likeness (QED) is 0.834. The molecular weight excluding hydrogens is 320 g/mol. The average molecular weight is 336 g/mol. The van der Waals surface area contributed by atoms with Crippen molar-refractivity contribution in [2.75, 3.05) is 18.8 Å². The third kappa shape index (κ3) is 3.37. The van der Waals surface area contributed by atoms with Crippen LogP contribution < -0.4 is 5.73 Å². The molecule has 100 valence electrons. The average Bonchev–Trinajstić information content (AvgIpc) is 2.77. The fraction of sp³-hybridized carbons (Fsp3) is 0.417. The summed E-state index contributed by atoms with van der Waals surface area (Å²) in [7, 11) is 0. The van der Waals surface area contributed by atoms with Crippen LogP contribution in [0, 0.1) is 0 Å². The van der Waals surface area contributed by atoms with Gasteiger partial charge in [-0.05, 0) is 59.6 Å². The van der Waals surface area contributed by atoms with Crippen molar-refractivity contribution in [1.29, 1.82) is 0 Å². The molecule has 0 saturated carbocycles. The maximum absolute atomic E-state index is 11.0. The van der Waals surface area contributed by atoms with Crippen LogP contribution in [0.5, 0.6) is 0 Å². The van der Waals surface area contributed by atoms with Gasteiger partial charge in [0.15, 0.2) is 0 Å². The molecule has 0 radical (unpaired) electrons. The van der Waals surface area contributed by atoms with Gasteiger partial charge in [0.05, 0.1) is 11.3 Å². The fourth-order valence-corrected chi connectivity index (χ4v) is 2.61. The minimum atomic E-state index is -0.923. The van der Waals surface area contributed by atoms with E-state index in [2.05, 4.69) is 20.8 Å². The molecule has 18 heavy (non-hydrogen) atoms. The number of nitrogens with zero attached hydrogens (tertiary/aromatic N) is 1. The standard InChI is InChI=1S/C12H15BrN2O2.ClH/c13-10-6-8(12(16)17)5-9(11(10)14)7-15-3-1-2-4-15;/h5-6H,1-4,7,14H2,(H,16,17);1H. The second-order valence-corrected chi connectivity index (χ2v) is 5.17. The number of likely N-dealkylation sites (tertiary alicyclic amines) is 1. The van der Waals surface area contributed by atoms with Crippen molar-refractivity contribution in [2.45, 2.75) is 19.4 Å². The van der Waals surface area contributed by atoms with Crippen molar-refractivity contribution in [2.24, 2.45) is 0 Å². The molecule has 1 aromatic carbocycles. The Morgan fingerprint density at radius 1 is 1.39 bits per heavy atom. The Hall–Kier alpha value is -0.780. The van der Waals surface area contributed by atoms with Crippen LogP contribution in [0.15, 0.2) is 16.6 Å². The van der Waals surface area contributed by atoms with Crippen molar-refractivity contribution in [3.8, 4) is 0 Å². The van der Waals surface area contributed by atoms with E-state index in [0.717, 1.165) is 25.2 Å². The largest absolute Gasteiger partial charge is 0.478 e. The predicted octanol–water partition coefficient (Wildman–Crippen LogP) is 2.75. The number of nitrogen functional groups attached to an aromatic ring is 1. The van der Waals surface area contributed by atoms with Crippen LogP contribution in [0.2, 0.25) is 0 Å². The van der Waals surface area contributed by atoms with Gasteiger partial charge >= 0.3 is 5.97 Å². The topological polar surface area (TPSA) is 66.6 Å². The SMILES string of the molecule is Cl.Nc1c(Br)cc(C(=O)O)cc1CN1CCCC1. The van der Waals surface area contributed by atoms with Gasteiger partial charge in [-0.1, -0.05) is 0 Å². The first kappa shape index (κ1) is 15.3. The number of carboxylic acids is 1. The second kappa shape index (κ2) is 6.41. The highest BCUT2D eigenvalue weighted by Gasteiger charge is 2.16. The Labute approximate surface area is 121 Å². The Bertz CT molecular complexity index is 448. The lowest BCUT2D eigenvalue weighted by Gasteiger charge is -2.17. The number of hydrogen-bond donors (Lipinski definition) is 2. The van der Waals surface area contributed by atoms with Gasteiger partial charge in [-0.2, -0.15) is 0 Å². The first-order valence-electron chi connectivity index (χ1n) is 5.61. The molecule has 3 N–H and O–H groups in total. The summed E-state index contributed by atoms with van der Waals surface area (Å²) in [6.07, 6.45) is 2.42. The highest BCUT2D eigenvalue weighted by Crippen LogP contribution is 2.27. The molecule has 0 aliphatic carbocycles. The van der Waals surface area contributed by atoms with Crippen molar-refractivity contribution >= 4 is 40.0 Å². The highest BCUT2D eigenvalue weighted by atomic mass is 79.9.